The first kappa shape index (κ1) is 22.4. The highest BCUT2D eigenvalue weighted by molar-refractivity contribution is 7.89. The maximum Gasteiger partial charge on any atom is 0.262 e. The molecule has 0 bridgehead atoms. The number of amides is 2. The van der Waals surface area contributed by atoms with Crippen molar-refractivity contribution in [3.8, 4) is 5.75 Å². The maximum atomic E-state index is 12.2. The number of hydrogen-bond acceptors (Lipinski definition) is 5. The fourth-order valence-corrected chi connectivity index (χ4v) is 3.71. The lowest BCUT2D eigenvalue weighted by molar-refractivity contribution is -0.118. The Morgan fingerprint density at radius 1 is 1.07 bits per heavy atom. The Morgan fingerprint density at radius 3 is 2.24 bits per heavy atom. The fraction of sp³-hybridized carbons (Fsp3) is 0.300. The lowest BCUT2D eigenvalue weighted by Crippen LogP contribution is -2.31. The molecule has 0 fully saturated rings. The summed E-state index contributed by atoms with van der Waals surface area (Å²) < 4.78 is 32.4. The molecule has 0 radical (unpaired) electrons. The third-order valence-corrected chi connectivity index (χ3v) is 5.69. The van der Waals surface area contributed by atoms with E-state index in [9.17, 15) is 18.0 Å². The molecule has 4 N–H and O–H groups in total. The Hall–Kier alpha value is -2.91. The number of anilines is 1. The summed E-state index contributed by atoms with van der Waals surface area (Å²) in [5, 5.41) is 2.67. The van der Waals surface area contributed by atoms with Gasteiger partial charge in [-0.25, -0.2) is 13.1 Å². The average molecular weight is 420 g/mol. The molecule has 8 nitrogen and oxygen atoms in total. The zero-order valence-electron chi connectivity index (χ0n) is 16.3. The van der Waals surface area contributed by atoms with E-state index in [1.54, 1.807) is 31.2 Å². The van der Waals surface area contributed by atoms with Gasteiger partial charge in [-0.1, -0.05) is 19.1 Å². The third-order valence-electron chi connectivity index (χ3n) is 4.09. The van der Waals surface area contributed by atoms with Gasteiger partial charge in [0.15, 0.2) is 6.61 Å². The number of primary amides is 1. The smallest absolute Gasteiger partial charge is 0.262 e. The van der Waals surface area contributed by atoms with Gasteiger partial charge in [-0.15, -0.1) is 0 Å². The van der Waals surface area contributed by atoms with Crippen LogP contribution in [-0.4, -0.2) is 32.9 Å². The van der Waals surface area contributed by atoms with Crippen LogP contribution in [-0.2, 0) is 26.0 Å². The van der Waals surface area contributed by atoms with Crippen LogP contribution in [0.1, 0.15) is 25.8 Å². The van der Waals surface area contributed by atoms with E-state index in [1.807, 2.05) is 6.92 Å². The maximum absolute atomic E-state index is 12.2. The van der Waals surface area contributed by atoms with E-state index in [0.717, 1.165) is 5.56 Å². The summed E-state index contributed by atoms with van der Waals surface area (Å²) in [5.41, 5.74) is 6.45. The van der Waals surface area contributed by atoms with Crippen LogP contribution < -0.4 is 20.5 Å². The number of hydrogen-bond donors (Lipinski definition) is 3. The van der Waals surface area contributed by atoms with Gasteiger partial charge in [-0.3, -0.25) is 9.59 Å². The first-order valence-electron chi connectivity index (χ1n) is 9.12. The van der Waals surface area contributed by atoms with Gasteiger partial charge in [0.1, 0.15) is 5.75 Å². The Balaban J connectivity index is 1.88. The van der Waals surface area contributed by atoms with Crippen molar-refractivity contribution in [2.24, 2.45) is 5.73 Å². The van der Waals surface area contributed by atoms with Crippen molar-refractivity contribution in [3.05, 3.63) is 54.1 Å². The van der Waals surface area contributed by atoms with Crippen LogP contribution in [0.4, 0.5) is 5.69 Å². The Kier molecular flexibility index (Phi) is 7.74. The normalized spacial score (nSPS) is 12.2. The highest BCUT2D eigenvalue weighted by Crippen LogP contribution is 2.17. The molecule has 0 saturated carbocycles. The van der Waals surface area contributed by atoms with E-state index < -0.39 is 15.9 Å². The topological polar surface area (TPSA) is 128 Å². The molecule has 2 aromatic rings. The predicted octanol–water partition coefficient (Wildman–Crippen LogP) is 1.81. The Morgan fingerprint density at radius 2 is 1.69 bits per heavy atom. The molecule has 0 aromatic heterocycles. The molecular formula is C20H25N3O5S. The largest absolute Gasteiger partial charge is 0.484 e. The standard InChI is InChI=1S/C20H25N3O5S/c1-3-14(2)23-29(26,27)18-10-8-17(9-11-18)28-13-20(25)22-16-6-4-15(5-7-16)12-19(21)24/h4-11,14,23H,3,12-13H2,1-2H3,(H2,21,24)(H,22,25)/t14-/m1/s1. The van der Waals surface area contributed by atoms with Crippen LogP contribution in [0.15, 0.2) is 53.4 Å². The summed E-state index contributed by atoms with van der Waals surface area (Å²) in [7, 11) is -3.59. The summed E-state index contributed by atoms with van der Waals surface area (Å²) in [6.45, 7) is 3.45. The van der Waals surface area contributed by atoms with Gasteiger partial charge in [-0.05, 0) is 55.3 Å². The van der Waals surface area contributed by atoms with Gasteiger partial charge >= 0.3 is 0 Å². The van der Waals surface area contributed by atoms with Crippen molar-refractivity contribution in [1.29, 1.82) is 0 Å². The molecule has 2 amide bonds. The second-order valence-electron chi connectivity index (χ2n) is 6.58. The Labute approximate surface area is 170 Å². The van der Waals surface area contributed by atoms with Gasteiger partial charge in [0.05, 0.1) is 11.3 Å². The summed E-state index contributed by atoms with van der Waals surface area (Å²) in [5.74, 6) is -0.424. The molecular weight excluding hydrogens is 394 g/mol. The van der Waals surface area contributed by atoms with E-state index >= 15 is 0 Å². The molecule has 0 saturated heterocycles. The first-order valence-corrected chi connectivity index (χ1v) is 10.6. The molecule has 1 atom stereocenters. The van der Waals surface area contributed by atoms with E-state index in [1.165, 1.54) is 24.3 Å². The second-order valence-corrected chi connectivity index (χ2v) is 8.29. The number of carbonyl (C=O) groups is 2. The van der Waals surface area contributed by atoms with Gasteiger partial charge in [-0.2, -0.15) is 0 Å². The first-order chi connectivity index (χ1) is 13.7. The molecule has 29 heavy (non-hydrogen) atoms. The van der Waals surface area contributed by atoms with E-state index in [2.05, 4.69) is 10.0 Å². The number of nitrogens with one attached hydrogen (secondary N) is 2. The fourth-order valence-electron chi connectivity index (χ4n) is 2.38. The number of sulfonamides is 1. The minimum absolute atomic E-state index is 0.130. The molecule has 0 unspecified atom stereocenters. The molecule has 0 aliphatic carbocycles. The predicted molar refractivity (Wildman–Crippen MR) is 110 cm³/mol. The van der Waals surface area contributed by atoms with Crippen LogP contribution in [0.25, 0.3) is 0 Å². The number of carbonyl (C=O) groups excluding carboxylic acids is 2. The number of benzene rings is 2. The molecule has 0 spiro atoms. The van der Waals surface area contributed by atoms with E-state index in [4.69, 9.17) is 10.5 Å². The van der Waals surface area contributed by atoms with Gasteiger partial charge in [0.25, 0.3) is 5.91 Å². The van der Waals surface area contributed by atoms with Crippen LogP contribution in [0.5, 0.6) is 5.75 Å². The van der Waals surface area contributed by atoms with E-state index in [-0.39, 0.29) is 29.9 Å². The molecule has 156 valence electrons. The molecule has 0 heterocycles. The van der Waals surface area contributed by atoms with Crippen molar-refractivity contribution < 1.29 is 22.7 Å². The quantitative estimate of drug-likeness (QED) is 0.541. The lowest BCUT2D eigenvalue weighted by atomic mass is 10.1. The highest BCUT2D eigenvalue weighted by atomic mass is 32.2. The van der Waals surface area contributed by atoms with Gasteiger partial charge in [0, 0.05) is 11.7 Å². The van der Waals surface area contributed by atoms with Gasteiger partial charge < -0.3 is 15.8 Å². The molecule has 0 aliphatic rings. The number of nitrogens with two attached hydrogens (primary N) is 1. The van der Waals surface area contributed by atoms with Crippen molar-refractivity contribution in [3.63, 3.8) is 0 Å². The summed E-state index contributed by atoms with van der Waals surface area (Å²) in [6.07, 6.45) is 0.819. The van der Waals surface area contributed by atoms with Crippen LogP contribution in [0.2, 0.25) is 0 Å². The van der Waals surface area contributed by atoms with Crippen molar-refractivity contribution in [2.75, 3.05) is 11.9 Å². The Bertz CT molecular complexity index is 941. The minimum atomic E-state index is -3.59. The number of rotatable bonds is 10. The third kappa shape index (κ3) is 7.20. The monoisotopic (exact) mass is 419 g/mol. The van der Waals surface area contributed by atoms with Gasteiger partial charge in [0.2, 0.25) is 15.9 Å². The van der Waals surface area contributed by atoms with Crippen LogP contribution in [0, 0.1) is 0 Å². The van der Waals surface area contributed by atoms with E-state index in [0.29, 0.717) is 17.9 Å². The SMILES string of the molecule is CC[C@@H](C)NS(=O)(=O)c1ccc(OCC(=O)Nc2ccc(CC(N)=O)cc2)cc1. The zero-order valence-corrected chi connectivity index (χ0v) is 17.2. The van der Waals surface area contributed by atoms with Crippen molar-refractivity contribution in [1.82, 2.24) is 4.72 Å². The lowest BCUT2D eigenvalue weighted by Gasteiger charge is -2.12. The molecule has 9 heteroatoms. The minimum Gasteiger partial charge on any atom is -0.484 e. The summed E-state index contributed by atoms with van der Waals surface area (Å²) in [6, 6.07) is 12.4. The molecule has 2 aromatic carbocycles. The summed E-state index contributed by atoms with van der Waals surface area (Å²) in [4.78, 5) is 23.0. The van der Waals surface area contributed by atoms with Crippen LogP contribution >= 0.6 is 0 Å². The molecule has 2 rings (SSSR count). The summed E-state index contributed by atoms with van der Waals surface area (Å²) >= 11 is 0. The van der Waals surface area contributed by atoms with Crippen LogP contribution in [0.3, 0.4) is 0 Å². The van der Waals surface area contributed by atoms with Crippen molar-refractivity contribution in [2.45, 2.75) is 37.6 Å². The molecule has 0 aliphatic heterocycles. The second kappa shape index (κ2) is 10.0. The number of ether oxygens (including phenoxy) is 1. The highest BCUT2D eigenvalue weighted by Gasteiger charge is 2.16. The average Bonchev–Trinajstić information content (AvgIpc) is 2.67. The van der Waals surface area contributed by atoms with Crippen molar-refractivity contribution >= 4 is 27.5 Å². The zero-order chi connectivity index (χ0) is 21.4.